The molecule has 0 aromatic heterocycles. The normalized spacial score (nSPS) is 49.4. The minimum atomic E-state index is -0.375. The van der Waals surface area contributed by atoms with Crippen molar-refractivity contribution >= 4 is 0 Å². The van der Waals surface area contributed by atoms with Crippen LogP contribution >= 0.6 is 0 Å². The Hall–Kier alpha value is -0.560. The zero-order valence-corrected chi connectivity index (χ0v) is 9.56. The van der Waals surface area contributed by atoms with Crippen LogP contribution in [0.15, 0.2) is 0 Å². The maximum atomic E-state index is 9.92. The number of rotatable bonds is 0. The third kappa shape index (κ3) is 1.10. The van der Waals surface area contributed by atoms with Crippen LogP contribution < -0.4 is 0 Å². The number of fused-ring (bicyclic) bond motifs is 2. The number of aliphatic hydroxyl groups excluding tert-OH is 1. The van der Waals surface area contributed by atoms with Crippen LogP contribution in [0, 0.1) is 36.0 Å². The van der Waals surface area contributed by atoms with Crippen LogP contribution in [0.2, 0.25) is 0 Å². The fourth-order valence-corrected chi connectivity index (χ4v) is 3.99. The van der Waals surface area contributed by atoms with E-state index in [1.807, 2.05) is 0 Å². The van der Waals surface area contributed by atoms with Gasteiger partial charge in [-0.2, -0.15) is 0 Å². The van der Waals surface area contributed by atoms with Gasteiger partial charge in [-0.1, -0.05) is 6.92 Å². The Morgan fingerprint density at radius 2 is 2.00 bits per heavy atom. The number of ether oxygens (including phenoxy) is 2. The van der Waals surface area contributed by atoms with E-state index in [1.54, 1.807) is 0 Å². The minimum absolute atomic E-state index is 0.0211. The molecule has 3 fully saturated rings. The Balaban J connectivity index is 1.86. The SMILES string of the molecule is C#CC1C(O)CCC2C1C(C)C21OCCO1. The molecule has 5 atom stereocenters. The third-order valence-corrected chi connectivity index (χ3v) is 4.73. The first-order chi connectivity index (χ1) is 7.70. The first-order valence-electron chi connectivity index (χ1n) is 6.13. The van der Waals surface area contributed by atoms with E-state index in [2.05, 4.69) is 12.8 Å². The van der Waals surface area contributed by atoms with E-state index in [0.717, 1.165) is 12.8 Å². The van der Waals surface area contributed by atoms with Gasteiger partial charge in [0.05, 0.1) is 19.3 Å². The number of terminal acetylenes is 1. The minimum Gasteiger partial charge on any atom is -0.392 e. The molecule has 3 rings (SSSR count). The van der Waals surface area contributed by atoms with Crippen LogP contribution in [0.4, 0.5) is 0 Å². The number of hydrogen-bond donors (Lipinski definition) is 1. The van der Waals surface area contributed by atoms with Gasteiger partial charge in [-0.3, -0.25) is 0 Å². The van der Waals surface area contributed by atoms with Gasteiger partial charge in [-0.05, 0) is 18.8 Å². The molecule has 1 aliphatic heterocycles. The molecule has 3 nitrogen and oxygen atoms in total. The lowest BCUT2D eigenvalue weighted by molar-refractivity contribution is -0.334. The molecule has 3 aliphatic rings. The Morgan fingerprint density at radius 1 is 1.31 bits per heavy atom. The summed E-state index contributed by atoms with van der Waals surface area (Å²) < 4.78 is 11.6. The molecule has 0 amide bonds. The molecule has 0 bridgehead atoms. The average molecular weight is 222 g/mol. The van der Waals surface area contributed by atoms with Gasteiger partial charge in [0, 0.05) is 17.8 Å². The van der Waals surface area contributed by atoms with Gasteiger partial charge in [0.2, 0.25) is 0 Å². The highest BCUT2D eigenvalue weighted by Gasteiger charge is 2.67. The molecule has 2 aliphatic carbocycles. The van der Waals surface area contributed by atoms with Crippen molar-refractivity contribution in [1.82, 2.24) is 0 Å². The molecule has 2 saturated carbocycles. The van der Waals surface area contributed by atoms with Crippen LogP contribution in [0.5, 0.6) is 0 Å². The fourth-order valence-electron chi connectivity index (χ4n) is 3.99. The van der Waals surface area contributed by atoms with E-state index in [9.17, 15) is 5.11 Å². The van der Waals surface area contributed by atoms with Gasteiger partial charge >= 0.3 is 0 Å². The molecular formula is C13H18O3. The second-order valence-electron chi connectivity index (χ2n) is 5.23. The third-order valence-electron chi connectivity index (χ3n) is 4.73. The summed E-state index contributed by atoms with van der Waals surface area (Å²) >= 11 is 0. The number of aliphatic hydroxyl groups is 1. The van der Waals surface area contributed by atoms with Gasteiger partial charge in [0.15, 0.2) is 5.79 Å². The van der Waals surface area contributed by atoms with E-state index < -0.39 is 0 Å². The summed E-state index contributed by atoms with van der Waals surface area (Å²) in [6.07, 6.45) is 6.94. The first-order valence-corrected chi connectivity index (χ1v) is 6.13. The summed E-state index contributed by atoms with van der Waals surface area (Å²) in [7, 11) is 0. The maximum Gasteiger partial charge on any atom is 0.174 e. The molecule has 3 heteroatoms. The second kappa shape index (κ2) is 3.46. The van der Waals surface area contributed by atoms with Crippen molar-refractivity contribution < 1.29 is 14.6 Å². The van der Waals surface area contributed by atoms with Gasteiger partial charge in [-0.15, -0.1) is 12.3 Å². The summed E-state index contributed by atoms with van der Waals surface area (Å²) in [5, 5.41) is 9.92. The molecule has 1 spiro atoms. The van der Waals surface area contributed by atoms with Crippen molar-refractivity contribution in [3.63, 3.8) is 0 Å². The standard InChI is InChI=1S/C13H18O3/c1-3-9-11(14)5-4-10-12(9)8(2)13(10)15-6-7-16-13/h1,8-12,14H,4-7H2,2H3. The highest BCUT2D eigenvalue weighted by Crippen LogP contribution is 2.61. The molecule has 1 saturated heterocycles. The summed E-state index contributed by atoms with van der Waals surface area (Å²) in [6, 6.07) is 0. The van der Waals surface area contributed by atoms with Crippen LogP contribution in [0.25, 0.3) is 0 Å². The lowest BCUT2D eigenvalue weighted by Gasteiger charge is -2.61. The van der Waals surface area contributed by atoms with Gasteiger partial charge in [0.1, 0.15) is 0 Å². The van der Waals surface area contributed by atoms with E-state index in [0.29, 0.717) is 31.0 Å². The Kier molecular flexibility index (Phi) is 2.29. The zero-order valence-electron chi connectivity index (χ0n) is 9.56. The maximum absolute atomic E-state index is 9.92. The second-order valence-corrected chi connectivity index (χ2v) is 5.23. The topological polar surface area (TPSA) is 38.7 Å². The average Bonchev–Trinajstić information content (AvgIpc) is 2.79. The lowest BCUT2D eigenvalue weighted by atomic mass is 9.50. The molecule has 0 aromatic rings. The van der Waals surface area contributed by atoms with Gasteiger partial charge in [-0.25, -0.2) is 0 Å². The predicted octanol–water partition coefficient (Wildman–Crippen LogP) is 1.02. The molecular weight excluding hydrogens is 204 g/mol. The van der Waals surface area contributed by atoms with Crippen LogP contribution in [-0.4, -0.2) is 30.2 Å². The first kappa shape index (κ1) is 10.6. The molecule has 16 heavy (non-hydrogen) atoms. The van der Waals surface area contributed by atoms with Gasteiger partial charge in [0.25, 0.3) is 0 Å². The quantitative estimate of drug-likeness (QED) is 0.622. The van der Waals surface area contributed by atoms with Crippen molar-refractivity contribution in [2.45, 2.75) is 31.7 Å². The van der Waals surface area contributed by atoms with Crippen LogP contribution in [-0.2, 0) is 9.47 Å². The zero-order chi connectivity index (χ0) is 11.3. The van der Waals surface area contributed by atoms with Crippen molar-refractivity contribution in [3.05, 3.63) is 0 Å². The molecule has 1 heterocycles. The smallest absolute Gasteiger partial charge is 0.174 e. The highest BCUT2D eigenvalue weighted by molar-refractivity contribution is 5.16. The highest BCUT2D eigenvalue weighted by atomic mass is 16.7. The summed E-state index contributed by atoms with van der Waals surface area (Å²) in [4.78, 5) is 0. The molecule has 1 N–H and O–H groups in total. The van der Waals surface area contributed by atoms with Gasteiger partial charge < -0.3 is 14.6 Å². The van der Waals surface area contributed by atoms with E-state index in [1.165, 1.54) is 0 Å². The molecule has 0 radical (unpaired) electrons. The summed E-state index contributed by atoms with van der Waals surface area (Å²) in [6.45, 7) is 3.52. The Morgan fingerprint density at radius 3 is 2.62 bits per heavy atom. The molecule has 88 valence electrons. The Labute approximate surface area is 96.1 Å². The molecule has 0 aromatic carbocycles. The largest absolute Gasteiger partial charge is 0.392 e. The number of hydrogen-bond acceptors (Lipinski definition) is 3. The predicted molar refractivity (Wildman–Crippen MR) is 58.3 cm³/mol. The molecule has 5 unspecified atom stereocenters. The van der Waals surface area contributed by atoms with Crippen molar-refractivity contribution in [3.8, 4) is 12.3 Å². The van der Waals surface area contributed by atoms with Crippen molar-refractivity contribution in [2.75, 3.05) is 13.2 Å². The summed E-state index contributed by atoms with van der Waals surface area (Å²) in [5.41, 5.74) is 0. The van der Waals surface area contributed by atoms with E-state index >= 15 is 0 Å². The Bertz CT molecular complexity index is 327. The van der Waals surface area contributed by atoms with E-state index in [-0.39, 0.29) is 17.8 Å². The van der Waals surface area contributed by atoms with E-state index in [4.69, 9.17) is 15.9 Å². The summed E-state index contributed by atoms with van der Waals surface area (Å²) in [5.74, 6) is 3.42. The fraction of sp³-hybridized carbons (Fsp3) is 0.846. The van der Waals surface area contributed by atoms with Crippen LogP contribution in [0.1, 0.15) is 19.8 Å². The monoisotopic (exact) mass is 222 g/mol. The van der Waals surface area contributed by atoms with Crippen LogP contribution in [0.3, 0.4) is 0 Å². The lowest BCUT2D eigenvalue weighted by Crippen LogP contribution is -2.66. The van der Waals surface area contributed by atoms with Crippen molar-refractivity contribution in [1.29, 1.82) is 0 Å². The van der Waals surface area contributed by atoms with Crippen molar-refractivity contribution in [2.24, 2.45) is 23.7 Å².